The van der Waals surface area contributed by atoms with Crippen molar-refractivity contribution in [3.05, 3.63) is 46.7 Å². The first-order valence-electron chi connectivity index (χ1n) is 7.40. The first-order valence-corrected chi connectivity index (χ1v) is 9.05. The van der Waals surface area contributed by atoms with Gasteiger partial charge in [-0.25, -0.2) is 13.1 Å². The average Bonchev–Trinajstić information content (AvgIpc) is 2.65. The van der Waals surface area contributed by atoms with Crippen LogP contribution in [0, 0.1) is 20.8 Å². The largest absolute Gasteiger partial charge is 0.358 e. The summed E-state index contributed by atoms with van der Waals surface area (Å²) in [6.45, 7) is 12.0. The van der Waals surface area contributed by atoms with Gasteiger partial charge in [0.1, 0.15) is 0 Å². The third-order valence-corrected chi connectivity index (χ3v) is 5.22. The van der Waals surface area contributed by atoms with Crippen molar-refractivity contribution in [2.75, 3.05) is 12.3 Å². The number of H-pyrrole nitrogens is 1. The van der Waals surface area contributed by atoms with E-state index < -0.39 is 10.0 Å². The van der Waals surface area contributed by atoms with Crippen LogP contribution in [-0.2, 0) is 16.4 Å². The molecule has 0 unspecified atom stereocenters. The van der Waals surface area contributed by atoms with Crippen molar-refractivity contribution in [3.8, 4) is 0 Å². The van der Waals surface area contributed by atoms with E-state index in [1.54, 1.807) is 6.92 Å². The van der Waals surface area contributed by atoms with Crippen LogP contribution >= 0.6 is 0 Å². The number of rotatable bonds is 6. The Morgan fingerprint density at radius 3 is 2.59 bits per heavy atom. The molecule has 0 bridgehead atoms. The van der Waals surface area contributed by atoms with E-state index in [1.807, 2.05) is 6.92 Å². The predicted octanol–water partition coefficient (Wildman–Crippen LogP) is 3.13. The molecule has 120 valence electrons. The minimum atomic E-state index is -3.28. The highest BCUT2D eigenvalue weighted by molar-refractivity contribution is 7.89. The number of hydrogen-bond acceptors (Lipinski definition) is 2. The number of aromatic amines is 1. The van der Waals surface area contributed by atoms with Gasteiger partial charge >= 0.3 is 0 Å². The van der Waals surface area contributed by atoms with Crippen LogP contribution < -0.4 is 4.72 Å². The Hall–Kier alpha value is -1.59. The number of sulfonamides is 1. The lowest BCUT2D eigenvalue weighted by molar-refractivity contribution is 0.584. The molecule has 0 aliphatic carbocycles. The second-order valence-electron chi connectivity index (χ2n) is 6.09. The summed E-state index contributed by atoms with van der Waals surface area (Å²) >= 11 is 0. The molecule has 2 N–H and O–H groups in total. The molecule has 0 atom stereocenters. The number of hydrogen-bond donors (Lipinski definition) is 2. The second-order valence-corrected chi connectivity index (χ2v) is 7.90. The summed E-state index contributed by atoms with van der Waals surface area (Å²) in [6.07, 6.45) is 0.671. The summed E-state index contributed by atoms with van der Waals surface area (Å²) in [4.78, 5) is 3.41. The highest BCUT2D eigenvalue weighted by Crippen LogP contribution is 2.26. The number of fused-ring (bicyclic) bond motifs is 1. The topological polar surface area (TPSA) is 62.0 Å². The van der Waals surface area contributed by atoms with Crippen LogP contribution in [0.4, 0.5) is 0 Å². The molecule has 0 saturated carbocycles. The first kappa shape index (κ1) is 16.8. The standard InChI is InChI=1S/C17H24N2O2S/c1-11(2)10-22(20,21)18-7-6-15-14(5)19-17-13(4)8-12(3)9-16(15)17/h8-9,18-19H,1,6-7,10H2,2-5H3. The highest BCUT2D eigenvalue weighted by Gasteiger charge is 2.13. The van der Waals surface area contributed by atoms with Crippen LogP contribution in [0.15, 0.2) is 24.3 Å². The highest BCUT2D eigenvalue weighted by atomic mass is 32.2. The van der Waals surface area contributed by atoms with Crippen molar-refractivity contribution in [2.24, 2.45) is 0 Å². The molecule has 0 fully saturated rings. The minimum Gasteiger partial charge on any atom is -0.358 e. The maximum absolute atomic E-state index is 11.8. The van der Waals surface area contributed by atoms with Crippen molar-refractivity contribution in [1.29, 1.82) is 0 Å². The molecule has 1 heterocycles. The Balaban J connectivity index is 2.19. The smallest absolute Gasteiger partial charge is 0.215 e. The van der Waals surface area contributed by atoms with Gasteiger partial charge in [-0.2, -0.15) is 0 Å². The lowest BCUT2D eigenvalue weighted by Crippen LogP contribution is -2.28. The molecule has 22 heavy (non-hydrogen) atoms. The van der Waals surface area contributed by atoms with Crippen molar-refractivity contribution in [2.45, 2.75) is 34.1 Å². The molecular formula is C17H24N2O2S. The number of benzene rings is 1. The summed E-state index contributed by atoms with van der Waals surface area (Å²) in [6, 6.07) is 4.31. The van der Waals surface area contributed by atoms with Gasteiger partial charge < -0.3 is 4.98 Å². The van der Waals surface area contributed by atoms with E-state index in [1.165, 1.54) is 22.1 Å². The molecule has 1 aromatic carbocycles. The Bertz CT molecular complexity index is 817. The molecule has 2 aromatic rings. The van der Waals surface area contributed by atoms with Gasteiger partial charge in [-0.3, -0.25) is 0 Å². The Labute approximate surface area is 132 Å². The van der Waals surface area contributed by atoms with E-state index in [9.17, 15) is 8.42 Å². The van der Waals surface area contributed by atoms with Crippen molar-refractivity contribution >= 4 is 20.9 Å². The lowest BCUT2D eigenvalue weighted by atomic mass is 10.0. The van der Waals surface area contributed by atoms with Crippen LogP contribution in [-0.4, -0.2) is 25.7 Å². The molecule has 0 aliphatic heterocycles. The van der Waals surface area contributed by atoms with Gasteiger partial charge in [-0.1, -0.05) is 23.8 Å². The molecule has 0 radical (unpaired) electrons. The summed E-state index contributed by atoms with van der Waals surface area (Å²) < 4.78 is 26.3. The van der Waals surface area contributed by atoms with Crippen molar-refractivity contribution in [1.82, 2.24) is 9.71 Å². The Morgan fingerprint density at radius 2 is 1.95 bits per heavy atom. The third kappa shape index (κ3) is 3.78. The minimum absolute atomic E-state index is 0.0158. The summed E-state index contributed by atoms with van der Waals surface area (Å²) in [5.74, 6) is -0.0158. The molecule has 0 amide bonds. The normalized spacial score (nSPS) is 12.0. The van der Waals surface area contributed by atoms with E-state index in [0.717, 1.165) is 11.2 Å². The monoisotopic (exact) mass is 320 g/mol. The van der Waals surface area contributed by atoms with Gasteiger partial charge in [0.05, 0.1) is 5.75 Å². The van der Waals surface area contributed by atoms with Gasteiger partial charge in [0.25, 0.3) is 0 Å². The molecule has 0 saturated heterocycles. The van der Waals surface area contributed by atoms with Gasteiger partial charge in [0.2, 0.25) is 10.0 Å². The Morgan fingerprint density at radius 1 is 1.27 bits per heavy atom. The van der Waals surface area contributed by atoms with Crippen molar-refractivity contribution < 1.29 is 8.42 Å². The maximum atomic E-state index is 11.8. The number of aryl methyl sites for hydroxylation is 3. The zero-order valence-electron chi connectivity index (χ0n) is 13.7. The third-order valence-electron chi connectivity index (χ3n) is 3.70. The molecule has 1 aromatic heterocycles. The van der Waals surface area contributed by atoms with Crippen LogP contribution in [0.2, 0.25) is 0 Å². The molecular weight excluding hydrogens is 296 g/mol. The molecule has 0 aliphatic rings. The van der Waals surface area contributed by atoms with Crippen LogP contribution in [0.5, 0.6) is 0 Å². The summed E-state index contributed by atoms with van der Waals surface area (Å²) in [7, 11) is -3.28. The summed E-state index contributed by atoms with van der Waals surface area (Å²) in [5, 5.41) is 1.19. The van der Waals surface area contributed by atoms with E-state index in [0.29, 0.717) is 18.5 Å². The lowest BCUT2D eigenvalue weighted by Gasteiger charge is -2.07. The molecule has 0 spiro atoms. The maximum Gasteiger partial charge on any atom is 0.215 e. The first-order chi connectivity index (χ1) is 10.2. The Kier molecular flexibility index (Phi) is 4.78. The second kappa shape index (κ2) is 6.26. The van der Waals surface area contributed by atoms with Gasteiger partial charge in [-0.05, 0) is 51.3 Å². The SMILES string of the molecule is C=C(C)CS(=O)(=O)NCCc1c(C)[nH]c2c(C)cc(C)cc12. The van der Waals surface area contributed by atoms with Crippen molar-refractivity contribution in [3.63, 3.8) is 0 Å². The van der Waals surface area contributed by atoms with Gasteiger partial charge in [0, 0.05) is 23.1 Å². The van der Waals surface area contributed by atoms with Gasteiger partial charge in [-0.15, -0.1) is 0 Å². The number of nitrogens with one attached hydrogen (secondary N) is 2. The fourth-order valence-electron chi connectivity index (χ4n) is 2.87. The predicted molar refractivity (Wildman–Crippen MR) is 92.8 cm³/mol. The van der Waals surface area contributed by atoms with Crippen LogP contribution in [0.1, 0.15) is 29.3 Å². The molecule has 4 nitrogen and oxygen atoms in total. The number of aromatic nitrogens is 1. The average molecular weight is 320 g/mol. The van der Waals surface area contributed by atoms with Crippen LogP contribution in [0.25, 0.3) is 10.9 Å². The zero-order valence-corrected chi connectivity index (χ0v) is 14.5. The molecule has 5 heteroatoms. The quantitative estimate of drug-likeness (QED) is 0.803. The zero-order chi connectivity index (χ0) is 16.5. The summed E-state index contributed by atoms with van der Waals surface area (Å²) in [5.41, 5.74) is 6.49. The van der Waals surface area contributed by atoms with E-state index in [4.69, 9.17) is 0 Å². The van der Waals surface area contributed by atoms with E-state index in [2.05, 4.69) is 42.3 Å². The van der Waals surface area contributed by atoms with Gasteiger partial charge in [0.15, 0.2) is 0 Å². The fourth-order valence-corrected chi connectivity index (χ4v) is 4.03. The van der Waals surface area contributed by atoms with E-state index >= 15 is 0 Å². The fraction of sp³-hybridized carbons (Fsp3) is 0.412. The van der Waals surface area contributed by atoms with Crippen LogP contribution in [0.3, 0.4) is 0 Å². The van der Waals surface area contributed by atoms with E-state index in [-0.39, 0.29) is 5.75 Å². The molecule has 2 rings (SSSR count).